The first-order chi connectivity index (χ1) is 8.02. The van der Waals surface area contributed by atoms with Crippen molar-refractivity contribution < 1.29 is 5.11 Å². The van der Waals surface area contributed by atoms with Crippen LogP contribution >= 0.6 is 0 Å². The van der Waals surface area contributed by atoms with Gasteiger partial charge in [0, 0.05) is 0 Å². The molecule has 0 saturated heterocycles. The van der Waals surface area contributed by atoms with Crippen LogP contribution in [0.2, 0.25) is 0 Å². The maximum Gasteiger partial charge on any atom is 0.0574 e. The highest BCUT2D eigenvalue weighted by Gasteiger charge is 2.67. The summed E-state index contributed by atoms with van der Waals surface area (Å²) in [6.45, 7) is 8.96. The fraction of sp³-hybridized carbons (Fsp3) is 0.875. The van der Waals surface area contributed by atoms with Crippen LogP contribution in [0.25, 0.3) is 0 Å². The first-order valence-corrected chi connectivity index (χ1v) is 7.36. The number of aliphatic hydroxyl groups is 1. The number of fused-ring (bicyclic) bond motifs is 9. The monoisotopic (exact) mass is 232 g/mol. The van der Waals surface area contributed by atoms with E-state index in [2.05, 4.69) is 20.4 Å². The highest BCUT2D eigenvalue weighted by molar-refractivity contribution is 5.22. The fourth-order valence-corrected chi connectivity index (χ4v) is 6.41. The quantitative estimate of drug-likeness (QED) is 0.543. The van der Waals surface area contributed by atoms with E-state index in [1.165, 1.54) is 24.8 Å². The van der Waals surface area contributed by atoms with E-state index in [1.54, 1.807) is 0 Å². The second kappa shape index (κ2) is 2.99. The predicted molar refractivity (Wildman–Crippen MR) is 68.3 cm³/mol. The molecule has 4 aliphatic carbocycles. The number of rotatable bonds is 1. The normalized spacial score (nSPS) is 63.1. The van der Waals surface area contributed by atoms with Crippen molar-refractivity contribution >= 4 is 0 Å². The lowest BCUT2D eigenvalue weighted by molar-refractivity contribution is 0.00122. The minimum atomic E-state index is 0.0386. The van der Waals surface area contributed by atoms with Crippen LogP contribution in [-0.2, 0) is 0 Å². The third kappa shape index (κ3) is 1.06. The van der Waals surface area contributed by atoms with Gasteiger partial charge in [0.15, 0.2) is 0 Å². The zero-order chi connectivity index (χ0) is 11.9. The van der Waals surface area contributed by atoms with E-state index in [1.807, 2.05) is 0 Å². The van der Waals surface area contributed by atoms with Gasteiger partial charge in [-0.25, -0.2) is 0 Å². The average Bonchev–Trinajstić information content (AvgIpc) is 2.92. The van der Waals surface area contributed by atoms with E-state index in [0.717, 1.165) is 36.0 Å². The van der Waals surface area contributed by atoms with Gasteiger partial charge in [-0.1, -0.05) is 19.1 Å². The molecule has 0 amide bonds. The lowest BCUT2D eigenvalue weighted by Gasteiger charge is -2.46. The van der Waals surface area contributed by atoms with Crippen molar-refractivity contribution in [1.82, 2.24) is 0 Å². The first kappa shape index (κ1) is 10.6. The molecule has 0 heterocycles. The molecule has 94 valence electrons. The molecule has 0 aliphatic heterocycles. The Bertz CT molecular complexity index is 387. The minimum Gasteiger partial charge on any atom is -0.393 e. The van der Waals surface area contributed by atoms with Gasteiger partial charge in [0.1, 0.15) is 0 Å². The molecule has 4 fully saturated rings. The second-order valence-corrected chi connectivity index (χ2v) is 7.62. The van der Waals surface area contributed by atoms with E-state index in [4.69, 9.17) is 0 Å². The molecule has 0 aromatic heterocycles. The molecular formula is C16H24O. The number of allylic oxidation sites excluding steroid dienone is 1. The zero-order valence-electron chi connectivity index (χ0n) is 11.0. The van der Waals surface area contributed by atoms with Crippen molar-refractivity contribution in [2.24, 2.45) is 40.9 Å². The lowest BCUT2D eigenvalue weighted by atomic mass is 9.59. The van der Waals surface area contributed by atoms with Crippen molar-refractivity contribution in [3.05, 3.63) is 12.2 Å². The SMILES string of the molecule is C=C(C)C1(C)CC2CC1C1C3CC(O)C(C3)C21. The Labute approximate surface area is 104 Å². The van der Waals surface area contributed by atoms with Gasteiger partial charge in [0.05, 0.1) is 6.10 Å². The van der Waals surface area contributed by atoms with Gasteiger partial charge in [-0.2, -0.15) is 0 Å². The third-order valence-electron chi connectivity index (χ3n) is 7.14. The van der Waals surface area contributed by atoms with Gasteiger partial charge < -0.3 is 5.11 Å². The maximum absolute atomic E-state index is 10.1. The van der Waals surface area contributed by atoms with Crippen LogP contribution in [0.15, 0.2) is 12.2 Å². The van der Waals surface area contributed by atoms with Crippen LogP contribution in [-0.4, -0.2) is 11.2 Å². The molecule has 4 saturated carbocycles. The standard InChI is InChI=1S/C16H24O/c1-8(2)16(3)7-10-5-12(16)15-9-4-11(14(10)15)13(17)6-9/h9-15,17H,1,4-7H2,2-3H3. The fourth-order valence-electron chi connectivity index (χ4n) is 6.41. The Kier molecular flexibility index (Phi) is 1.86. The summed E-state index contributed by atoms with van der Waals surface area (Å²) >= 11 is 0. The molecule has 4 rings (SSSR count). The van der Waals surface area contributed by atoms with Crippen LogP contribution in [0.4, 0.5) is 0 Å². The topological polar surface area (TPSA) is 20.2 Å². The first-order valence-electron chi connectivity index (χ1n) is 7.36. The van der Waals surface area contributed by atoms with Gasteiger partial charge in [-0.3, -0.25) is 0 Å². The van der Waals surface area contributed by atoms with Gasteiger partial charge in [0.25, 0.3) is 0 Å². The highest BCUT2D eigenvalue weighted by atomic mass is 16.3. The highest BCUT2D eigenvalue weighted by Crippen LogP contribution is 2.72. The van der Waals surface area contributed by atoms with E-state index in [0.29, 0.717) is 11.3 Å². The lowest BCUT2D eigenvalue weighted by Crippen LogP contribution is -2.41. The Morgan fingerprint density at radius 3 is 2.65 bits per heavy atom. The van der Waals surface area contributed by atoms with Crippen molar-refractivity contribution in [2.45, 2.75) is 45.6 Å². The molecule has 8 atom stereocenters. The minimum absolute atomic E-state index is 0.0386. The Morgan fingerprint density at radius 2 is 1.94 bits per heavy atom. The summed E-state index contributed by atoms with van der Waals surface area (Å²) in [7, 11) is 0. The maximum atomic E-state index is 10.1. The molecule has 1 N–H and O–H groups in total. The van der Waals surface area contributed by atoms with Crippen LogP contribution < -0.4 is 0 Å². The van der Waals surface area contributed by atoms with E-state index in [-0.39, 0.29) is 6.10 Å². The van der Waals surface area contributed by atoms with Gasteiger partial charge in [-0.05, 0) is 73.5 Å². The van der Waals surface area contributed by atoms with Crippen LogP contribution in [0, 0.1) is 40.9 Å². The van der Waals surface area contributed by atoms with Crippen LogP contribution in [0.1, 0.15) is 39.5 Å². The van der Waals surface area contributed by atoms with Crippen molar-refractivity contribution in [2.75, 3.05) is 0 Å². The Hall–Kier alpha value is -0.300. The number of hydrogen-bond acceptors (Lipinski definition) is 1. The van der Waals surface area contributed by atoms with Gasteiger partial charge in [0.2, 0.25) is 0 Å². The molecule has 1 heteroatoms. The number of aliphatic hydroxyl groups excluding tert-OH is 1. The van der Waals surface area contributed by atoms with E-state index >= 15 is 0 Å². The van der Waals surface area contributed by atoms with Crippen LogP contribution in [0.5, 0.6) is 0 Å². The zero-order valence-corrected chi connectivity index (χ0v) is 11.0. The number of hydrogen-bond donors (Lipinski definition) is 1. The van der Waals surface area contributed by atoms with Gasteiger partial charge >= 0.3 is 0 Å². The smallest absolute Gasteiger partial charge is 0.0574 e. The average molecular weight is 232 g/mol. The molecule has 4 bridgehead atoms. The summed E-state index contributed by atoms with van der Waals surface area (Å²) in [6, 6.07) is 0. The molecule has 0 aromatic rings. The summed E-state index contributed by atoms with van der Waals surface area (Å²) in [5.74, 6) is 5.10. The third-order valence-corrected chi connectivity index (χ3v) is 7.14. The van der Waals surface area contributed by atoms with E-state index < -0.39 is 0 Å². The van der Waals surface area contributed by atoms with Crippen molar-refractivity contribution in [3.63, 3.8) is 0 Å². The van der Waals surface area contributed by atoms with E-state index in [9.17, 15) is 5.11 Å². The molecule has 0 aromatic carbocycles. The van der Waals surface area contributed by atoms with Gasteiger partial charge in [-0.15, -0.1) is 0 Å². The summed E-state index contributed by atoms with van der Waals surface area (Å²) in [6.07, 6.45) is 5.25. The summed E-state index contributed by atoms with van der Waals surface area (Å²) in [5.41, 5.74) is 1.83. The molecule has 0 spiro atoms. The summed E-state index contributed by atoms with van der Waals surface area (Å²) in [4.78, 5) is 0. The molecule has 17 heavy (non-hydrogen) atoms. The van der Waals surface area contributed by atoms with Crippen molar-refractivity contribution in [3.8, 4) is 0 Å². The van der Waals surface area contributed by atoms with Crippen LogP contribution in [0.3, 0.4) is 0 Å². The molecular weight excluding hydrogens is 208 g/mol. The van der Waals surface area contributed by atoms with Crippen molar-refractivity contribution in [1.29, 1.82) is 0 Å². The summed E-state index contributed by atoms with van der Waals surface area (Å²) < 4.78 is 0. The largest absolute Gasteiger partial charge is 0.393 e. The molecule has 4 aliphatic rings. The predicted octanol–water partition coefficient (Wildman–Crippen LogP) is 3.24. The molecule has 0 radical (unpaired) electrons. The summed E-state index contributed by atoms with van der Waals surface area (Å²) in [5, 5.41) is 10.1. The molecule has 1 nitrogen and oxygen atoms in total. The Balaban J connectivity index is 1.71. The Morgan fingerprint density at radius 1 is 1.18 bits per heavy atom. The molecule has 8 unspecified atom stereocenters. The second-order valence-electron chi connectivity index (χ2n) is 7.62.